The molecular formula is C13H13ClO2. The van der Waals surface area contributed by atoms with Gasteiger partial charge in [-0.2, -0.15) is 0 Å². The first-order chi connectivity index (χ1) is 7.58. The predicted molar refractivity (Wildman–Crippen MR) is 66.0 cm³/mol. The van der Waals surface area contributed by atoms with Crippen LogP contribution in [0.4, 0.5) is 0 Å². The largest absolute Gasteiger partial charge is 0.508 e. The highest BCUT2D eigenvalue weighted by Crippen LogP contribution is 2.12. The molecule has 2 nitrogen and oxygen atoms in total. The maximum atomic E-state index is 8.81. The van der Waals surface area contributed by atoms with E-state index in [0.717, 1.165) is 5.56 Å². The average Bonchev–Trinajstić information content (AvgIpc) is 2.23. The maximum absolute atomic E-state index is 8.81. The van der Waals surface area contributed by atoms with Crippen molar-refractivity contribution < 1.29 is 10.2 Å². The second kappa shape index (κ2) is 6.03. The van der Waals surface area contributed by atoms with Gasteiger partial charge >= 0.3 is 0 Å². The van der Waals surface area contributed by atoms with E-state index in [1.807, 2.05) is 19.1 Å². The molecule has 0 saturated carbocycles. The van der Waals surface area contributed by atoms with Crippen LogP contribution in [0.1, 0.15) is 5.56 Å². The molecule has 3 heteroatoms. The summed E-state index contributed by atoms with van der Waals surface area (Å²) >= 11 is 5.50. The quantitative estimate of drug-likeness (QED) is 0.732. The number of aryl methyl sites for hydroxylation is 1. The van der Waals surface area contributed by atoms with Crippen molar-refractivity contribution >= 4 is 11.6 Å². The minimum Gasteiger partial charge on any atom is -0.508 e. The highest BCUT2D eigenvalue weighted by Gasteiger charge is 1.84. The van der Waals surface area contributed by atoms with Gasteiger partial charge in [0.1, 0.15) is 11.5 Å². The van der Waals surface area contributed by atoms with E-state index in [2.05, 4.69) is 0 Å². The third kappa shape index (κ3) is 4.71. The fraction of sp³-hybridized carbons (Fsp3) is 0.0769. The molecule has 0 aliphatic carbocycles. The Morgan fingerprint density at radius 1 is 0.875 bits per heavy atom. The molecule has 0 bridgehead atoms. The number of phenolic OH excluding ortho intramolecular Hbond substituents is 2. The number of phenols is 2. The van der Waals surface area contributed by atoms with E-state index in [0.29, 0.717) is 10.8 Å². The van der Waals surface area contributed by atoms with Gasteiger partial charge in [-0.1, -0.05) is 23.7 Å². The van der Waals surface area contributed by atoms with Gasteiger partial charge in [0, 0.05) is 5.02 Å². The van der Waals surface area contributed by atoms with Crippen molar-refractivity contribution in [1.82, 2.24) is 0 Å². The molecule has 2 aromatic carbocycles. The monoisotopic (exact) mass is 236 g/mol. The number of benzene rings is 2. The Morgan fingerprint density at radius 3 is 1.88 bits per heavy atom. The highest BCUT2D eigenvalue weighted by molar-refractivity contribution is 6.30. The number of rotatable bonds is 0. The summed E-state index contributed by atoms with van der Waals surface area (Å²) < 4.78 is 0. The van der Waals surface area contributed by atoms with Crippen LogP contribution in [0, 0.1) is 6.92 Å². The number of halogens is 1. The molecule has 2 N–H and O–H groups in total. The van der Waals surface area contributed by atoms with Crippen molar-refractivity contribution in [3.05, 3.63) is 59.1 Å². The van der Waals surface area contributed by atoms with Gasteiger partial charge in [0.25, 0.3) is 0 Å². The van der Waals surface area contributed by atoms with Crippen LogP contribution in [-0.2, 0) is 0 Å². The zero-order chi connectivity index (χ0) is 12.0. The Kier molecular flexibility index (Phi) is 4.67. The van der Waals surface area contributed by atoms with Crippen LogP contribution in [0.3, 0.4) is 0 Å². The van der Waals surface area contributed by atoms with Gasteiger partial charge in [-0.3, -0.25) is 0 Å². The van der Waals surface area contributed by atoms with Gasteiger partial charge in [0.05, 0.1) is 0 Å². The average molecular weight is 237 g/mol. The van der Waals surface area contributed by atoms with Crippen LogP contribution in [-0.4, -0.2) is 10.2 Å². The van der Waals surface area contributed by atoms with E-state index in [4.69, 9.17) is 21.8 Å². The molecule has 0 aliphatic heterocycles. The molecule has 0 unspecified atom stereocenters. The molecule has 0 atom stereocenters. The van der Waals surface area contributed by atoms with Gasteiger partial charge in [-0.05, 0) is 48.9 Å². The van der Waals surface area contributed by atoms with E-state index in [1.165, 1.54) is 0 Å². The van der Waals surface area contributed by atoms with E-state index in [-0.39, 0.29) is 5.75 Å². The van der Waals surface area contributed by atoms with Crippen molar-refractivity contribution in [2.75, 3.05) is 0 Å². The normalized spacial score (nSPS) is 9.12. The molecule has 84 valence electrons. The Labute approximate surface area is 99.8 Å². The van der Waals surface area contributed by atoms with E-state index >= 15 is 0 Å². The van der Waals surface area contributed by atoms with Crippen LogP contribution >= 0.6 is 11.6 Å². The summed E-state index contributed by atoms with van der Waals surface area (Å²) in [6.45, 7) is 1.94. The van der Waals surface area contributed by atoms with Crippen LogP contribution in [0.2, 0.25) is 5.02 Å². The van der Waals surface area contributed by atoms with Crippen LogP contribution in [0.15, 0.2) is 48.5 Å². The standard InChI is InChI=1S/C7H8O.C6H5ClO/c1-6-3-2-4-7(8)5-6;7-5-1-3-6(8)4-2-5/h2-5,8H,1H3;1-4,8H. The Hall–Kier alpha value is -1.67. The summed E-state index contributed by atoms with van der Waals surface area (Å²) in [6.07, 6.45) is 0. The molecule has 16 heavy (non-hydrogen) atoms. The first-order valence-electron chi connectivity index (χ1n) is 4.78. The first-order valence-corrected chi connectivity index (χ1v) is 5.16. The van der Waals surface area contributed by atoms with E-state index < -0.39 is 0 Å². The molecule has 0 radical (unpaired) electrons. The third-order valence-corrected chi connectivity index (χ3v) is 2.08. The third-order valence-electron chi connectivity index (χ3n) is 1.83. The summed E-state index contributed by atoms with van der Waals surface area (Å²) in [5.74, 6) is 0.583. The topological polar surface area (TPSA) is 40.5 Å². The molecule has 0 saturated heterocycles. The molecule has 0 spiro atoms. The Bertz CT molecular complexity index is 400. The van der Waals surface area contributed by atoms with Gasteiger partial charge in [-0.15, -0.1) is 0 Å². The molecule has 0 amide bonds. The number of hydrogen-bond acceptors (Lipinski definition) is 2. The lowest BCUT2D eigenvalue weighted by molar-refractivity contribution is 0.474. The zero-order valence-corrected chi connectivity index (χ0v) is 9.65. The lowest BCUT2D eigenvalue weighted by Crippen LogP contribution is -1.66. The number of aromatic hydroxyl groups is 2. The van der Waals surface area contributed by atoms with Crippen LogP contribution < -0.4 is 0 Å². The van der Waals surface area contributed by atoms with Crippen LogP contribution in [0.25, 0.3) is 0 Å². The summed E-state index contributed by atoms with van der Waals surface area (Å²) in [5.41, 5.74) is 1.09. The van der Waals surface area contributed by atoms with E-state index in [9.17, 15) is 0 Å². The fourth-order valence-electron chi connectivity index (χ4n) is 1.07. The minimum atomic E-state index is 0.245. The molecule has 0 heterocycles. The first kappa shape index (κ1) is 12.4. The fourth-order valence-corrected chi connectivity index (χ4v) is 1.20. The second-order valence-corrected chi connectivity index (χ2v) is 3.75. The zero-order valence-electron chi connectivity index (χ0n) is 8.89. The molecule has 2 aromatic rings. The maximum Gasteiger partial charge on any atom is 0.115 e. The van der Waals surface area contributed by atoms with Gasteiger partial charge < -0.3 is 10.2 Å². The van der Waals surface area contributed by atoms with Gasteiger partial charge in [0.2, 0.25) is 0 Å². The molecular weight excluding hydrogens is 224 g/mol. The molecule has 0 fully saturated rings. The predicted octanol–water partition coefficient (Wildman–Crippen LogP) is 3.75. The molecule has 0 aromatic heterocycles. The summed E-state index contributed by atoms with van der Waals surface area (Å²) in [5, 5.41) is 18.2. The van der Waals surface area contributed by atoms with Crippen molar-refractivity contribution in [3.8, 4) is 11.5 Å². The number of hydrogen-bond donors (Lipinski definition) is 2. The summed E-state index contributed by atoms with van der Waals surface area (Å²) in [7, 11) is 0. The van der Waals surface area contributed by atoms with Gasteiger partial charge in [0.15, 0.2) is 0 Å². The van der Waals surface area contributed by atoms with Crippen molar-refractivity contribution in [3.63, 3.8) is 0 Å². The smallest absolute Gasteiger partial charge is 0.115 e. The van der Waals surface area contributed by atoms with Crippen LogP contribution in [0.5, 0.6) is 11.5 Å². The highest BCUT2D eigenvalue weighted by atomic mass is 35.5. The second-order valence-electron chi connectivity index (χ2n) is 3.32. The lowest BCUT2D eigenvalue weighted by atomic mass is 10.2. The summed E-state index contributed by atoms with van der Waals surface area (Å²) in [6, 6.07) is 13.5. The molecule has 2 rings (SSSR count). The minimum absolute atomic E-state index is 0.245. The van der Waals surface area contributed by atoms with Crippen molar-refractivity contribution in [2.45, 2.75) is 6.92 Å². The summed E-state index contributed by atoms with van der Waals surface area (Å²) in [4.78, 5) is 0. The van der Waals surface area contributed by atoms with Crippen molar-refractivity contribution in [2.24, 2.45) is 0 Å². The van der Waals surface area contributed by atoms with E-state index in [1.54, 1.807) is 36.4 Å². The SMILES string of the molecule is Cc1cccc(O)c1.Oc1ccc(Cl)cc1. The Morgan fingerprint density at radius 2 is 1.50 bits per heavy atom. The molecule has 0 aliphatic rings. The van der Waals surface area contributed by atoms with Crippen molar-refractivity contribution in [1.29, 1.82) is 0 Å². The lowest BCUT2D eigenvalue weighted by Gasteiger charge is -1.89. The Balaban J connectivity index is 0.000000160. The van der Waals surface area contributed by atoms with Gasteiger partial charge in [-0.25, -0.2) is 0 Å².